The first-order valence-corrected chi connectivity index (χ1v) is 20.4. The molecule has 2 aromatic carbocycles. The molecule has 4 fully saturated rings. The van der Waals surface area contributed by atoms with Crippen molar-refractivity contribution in [3.63, 3.8) is 0 Å². The average Bonchev–Trinajstić information content (AvgIpc) is 3.90. The lowest BCUT2D eigenvalue weighted by atomic mass is 9.48. The Morgan fingerprint density at radius 3 is 2.10 bits per heavy atom. The molecule has 2 N–H and O–H groups in total. The Labute approximate surface area is 348 Å². The van der Waals surface area contributed by atoms with E-state index < -0.39 is 112 Å². The minimum absolute atomic E-state index is 0.143. The van der Waals surface area contributed by atoms with Gasteiger partial charge in [0.1, 0.15) is 29.5 Å². The molecule has 2 aromatic rings. The van der Waals surface area contributed by atoms with Crippen LogP contribution < -0.4 is 0 Å². The molecule has 0 aromatic heterocycles. The van der Waals surface area contributed by atoms with Crippen molar-refractivity contribution in [1.29, 1.82) is 0 Å². The lowest BCUT2D eigenvalue weighted by Crippen LogP contribution is -2.78. The van der Waals surface area contributed by atoms with E-state index in [1.165, 1.54) is 6.92 Å². The second-order valence-corrected chi connectivity index (χ2v) is 18.6. The van der Waals surface area contributed by atoms with Crippen molar-refractivity contribution in [1.82, 2.24) is 0 Å². The molecule has 1 saturated heterocycles. The summed E-state index contributed by atoms with van der Waals surface area (Å²) in [7, 11) is 0. The van der Waals surface area contributed by atoms with Crippen LogP contribution >= 0.6 is 0 Å². The molecule has 1 heterocycles. The molecular weight excluding hydrogens is 776 g/mol. The third kappa shape index (κ3) is 7.13. The van der Waals surface area contributed by atoms with Crippen molar-refractivity contribution in [3.05, 3.63) is 82.9 Å². The van der Waals surface area contributed by atoms with Gasteiger partial charge >= 0.3 is 29.8 Å². The van der Waals surface area contributed by atoms with Crippen LogP contribution in [0.3, 0.4) is 0 Å². The Morgan fingerprint density at radius 1 is 0.900 bits per heavy atom. The topological polar surface area (TPSA) is 198 Å². The Balaban J connectivity index is 1.37. The van der Waals surface area contributed by atoms with Gasteiger partial charge in [0.05, 0.1) is 24.5 Å². The van der Waals surface area contributed by atoms with E-state index in [1.54, 1.807) is 102 Å². The molecule has 7 rings (SSSR count). The summed E-state index contributed by atoms with van der Waals surface area (Å²) < 4.78 is 36.2. The van der Waals surface area contributed by atoms with Crippen LogP contribution in [-0.2, 0) is 52.4 Å². The van der Waals surface area contributed by atoms with Crippen LogP contribution in [0.4, 0.5) is 0 Å². The Bertz CT molecular complexity index is 2100. The number of fused-ring (bicyclic) bond motifs is 4. The number of carbonyl (C=O) groups excluding carboxylic acids is 6. The second kappa shape index (κ2) is 15.2. The number of hydrogen-bond acceptors (Lipinski definition) is 14. The van der Waals surface area contributed by atoms with Crippen LogP contribution in [0.1, 0.15) is 103 Å². The SMILES string of the molecule is CC(=O)O[C@H]1C(=O)[C@]23C[C@H]2C[C@H]2OC[C@@]2(OC(C)=O)[C@H]3[C@H](OC(=O)c2ccccc2)[C@]2(O)C[C@H](OC(=O)[C@H](O)[C@@H](CC(=O)OC(C)(C)C)c3ccccc3)C(C)=C1C2(C)C. The van der Waals surface area contributed by atoms with Crippen LogP contribution in [0.25, 0.3) is 0 Å². The lowest BCUT2D eigenvalue weighted by molar-refractivity contribution is -0.323. The fraction of sp³-hybridized carbons (Fsp3) is 0.565. The Morgan fingerprint density at radius 2 is 1.53 bits per heavy atom. The second-order valence-electron chi connectivity index (χ2n) is 18.6. The molecule has 1 aliphatic heterocycles. The van der Waals surface area contributed by atoms with Crippen molar-refractivity contribution < 1.29 is 67.4 Å². The van der Waals surface area contributed by atoms with Crippen molar-refractivity contribution in [3.8, 4) is 0 Å². The normalized spacial score (nSPS) is 33.4. The zero-order valence-corrected chi connectivity index (χ0v) is 35.2. The molecule has 3 saturated carbocycles. The molecule has 14 heteroatoms. The number of aliphatic hydroxyl groups excluding tert-OH is 1. The van der Waals surface area contributed by atoms with Gasteiger partial charge in [0.2, 0.25) is 0 Å². The highest BCUT2D eigenvalue weighted by molar-refractivity contribution is 5.97. The summed E-state index contributed by atoms with van der Waals surface area (Å²) >= 11 is 0. The van der Waals surface area contributed by atoms with Gasteiger partial charge in [0.15, 0.2) is 23.6 Å². The van der Waals surface area contributed by atoms with Gasteiger partial charge in [0.25, 0.3) is 0 Å². The molecule has 4 aliphatic carbocycles. The first-order valence-electron chi connectivity index (χ1n) is 20.4. The highest BCUT2D eigenvalue weighted by Crippen LogP contribution is 2.74. The van der Waals surface area contributed by atoms with Crippen molar-refractivity contribution in [2.24, 2.45) is 22.7 Å². The number of hydrogen-bond donors (Lipinski definition) is 2. The van der Waals surface area contributed by atoms with Gasteiger partial charge in [-0.05, 0) is 75.3 Å². The van der Waals surface area contributed by atoms with Crippen molar-refractivity contribution in [2.75, 3.05) is 6.61 Å². The third-order valence-electron chi connectivity index (χ3n) is 13.5. The number of aliphatic hydroxyl groups is 2. The van der Waals surface area contributed by atoms with Crippen LogP contribution in [0, 0.1) is 22.7 Å². The summed E-state index contributed by atoms with van der Waals surface area (Å²) in [4.78, 5) is 83.0. The molecule has 0 amide bonds. The molecule has 14 nitrogen and oxygen atoms in total. The van der Waals surface area contributed by atoms with Crippen molar-refractivity contribution >= 4 is 35.6 Å². The zero-order valence-electron chi connectivity index (χ0n) is 35.2. The number of esters is 5. The average molecular weight is 831 g/mol. The van der Waals surface area contributed by atoms with E-state index in [0.29, 0.717) is 12.0 Å². The maximum absolute atomic E-state index is 15.5. The summed E-state index contributed by atoms with van der Waals surface area (Å²) in [6.45, 7) is 12.2. The lowest BCUT2D eigenvalue weighted by Gasteiger charge is -2.64. The molecule has 5 aliphatic rings. The van der Waals surface area contributed by atoms with E-state index in [2.05, 4.69) is 0 Å². The van der Waals surface area contributed by atoms with Gasteiger partial charge in [-0.25, -0.2) is 9.59 Å². The van der Waals surface area contributed by atoms with E-state index >= 15 is 4.79 Å². The number of benzene rings is 2. The molecule has 2 bridgehead atoms. The summed E-state index contributed by atoms with van der Waals surface area (Å²) in [6, 6.07) is 16.5. The van der Waals surface area contributed by atoms with Gasteiger partial charge in [-0.3, -0.25) is 19.2 Å². The number of ether oxygens (including phenoxy) is 6. The first kappa shape index (κ1) is 43.2. The first-order chi connectivity index (χ1) is 28.1. The molecule has 0 unspecified atom stereocenters. The van der Waals surface area contributed by atoms with Crippen LogP contribution in [-0.4, -0.2) is 99.8 Å². The molecule has 1 spiro atoms. The molecule has 60 heavy (non-hydrogen) atoms. The van der Waals surface area contributed by atoms with E-state index in [-0.39, 0.29) is 42.1 Å². The minimum atomic E-state index is -2.23. The number of Topliss-reactive ketones (excluding diaryl/α,β-unsaturated/α-hetero) is 1. The van der Waals surface area contributed by atoms with E-state index in [0.717, 1.165) is 6.92 Å². The maximum Gasteiger partial charge on any atom is 0.338 e. The molecule has 322 valence electrons. The molecule has 0 radical (unpaired) electrons. The Hall–Kier alpha value is -4.92. The fourth-order valence-corrected chi connectivity index (χ4v) is 10.7. The standard InChI is InChI=1S/C46H54O14/c1-24-31(57-41(53)35(50)30(27-15-11-9-12-16-27)20-33(49)60-42(4,5)6)22-46(54)39(58-40(52)28-17-13-10-14-18-28)37-44(38(51)36(56-25(2)47)34(24)43(46,7)8)21-29(44)19-32-45(37,23-55-32)59-26(3)48/h9-18,29-32,35-37,39,50,54H,19-23H2,1-8H3/t29-,30+,31+,32-,35-,36-,37+,39+,44-,45+,46-/m1/s1. The molecule has 11 atom stereocenters. The minimum Gasteiger partial charge on any atom is -0.460 e. The highest BCUT2D eigenvalue weighted by atomic mass is 16.6. The largest absolute Gasteiger partial charge is 0.460 e. The van der Waals surface area contributed by atoms with Crippen LogP contribution in [0.2, 0.25) is 0 Å². The third-order valence-corrected chi connectivity index (χ3v) is 13.5. The summed E-state index contributed by atoms with van der Waals surface area (Å²) in [5.74, 6) is -7.31. The van der Waals surface area contributed by atoms with Gasteiger partial charge < -0.3 is 38.6 Å². The van der Waals surface area contributed by atoms with Gasteiger partial charge in [-0.15, -0.1) is 0 Å². The highest BCUT2D eigenvalue weighted by Gasteiger charge is 2.84. The summed E-state index contributed by atoms with van der Waals surface area (Å²) in [5, 5.41) is 25.4. The van der Waals surface area contributed by atoms with E-state index in [1.807, 2.05) is 0 Å². The van der Waals surface area contributed by atoms with Crippen molar-refractivity contribution in [2.45, 2.75) is 134 Å². The summed E-state index contributed by atoms with van der Waals surface area (Å²) in [5.41, 5.74) is -6.53. The van der Waals surface area contributed by atoms with Gasteiger partial charge in [0, 0.05) is 37.0 Å². The van der Waals surface area contributed by atoms with Crippen LogP contribution in [0.5, 0.6) is 0 Å². The van der Waals surface area contributed by atoms with Gasteiger partial charge in [-0.1, -0.05) is 62.4 Å². The number of ketones is 1. The Kier molecular flexibility index (Phi) is 10.9. The van der Waals surface area contributed by atoms with Gasteiger partial charge in [-0.2, -0.15) is 0 Å². The monoisotopic (exact) mass is 830 g/mol. The number of carbonyl (C=O) groups is 6. The molecular formula is C46H54O14. The van der Waals surface area contributed by atoms with E-state index in [9.17, 15) is 34.2 Å². The quantitative estimate of drug-likeness (QED) is 0.190. The maximum atomic E-state index is 15.5. The predicted octanol–water partition coefficient (Wildman–Crippen LogP) is 4.72. The summed E-state index contributed by atoms with van der Waals surface area (Å²) in [6.07, 6.45) is -7.45. The smallest absolute Gasteiger partial charge is 0.338 e. The number of rotatable bonds is 10. The van der Waals surface area contributed by atoms with Crippen LogP contribution in [0.15, 0.2) is 71.8 Å². The van der Waals surface area contributed by atoms with E-state index in [4.69, 9.17) is 28.4 Å². The zero-order chi connectivity index (χ0) is 43.7. The predicted molar refractivity (Wildman–Crippen MR) is 211 cm³/mol. The fourth-order valence-electron chi connectivity index (χ4n) is 10.7.